The Bertz CT molecular complexity index is 1160. The number of carbonyl (C=O) groups is 1. The van der Waals surface area contributed by atoms with Gasteiger partial charge < -0.3 is 14.5 Å². The molecule has 2 aliphatic heterocycles. The van der Waals surface area contributed by atoms with Crippen molar-refractivity contribution < 1.29 is 13.9 Å². The van der Waals surface area contributed by atoms with Gasteiger partial charge in [0.2, 0.25) is 11.9 Å². The third kappa shape index (κ3) is 4.60. The number of morpholine rings is 1. The molecule has 10 heteroatoms. The van der Waals surface area contributed by atoms with Crippen molar-refractivity contribution in [1.82, 2.24) is 15.0 Å². The highest BCUT2D eigenvalue weighted by molar-refractivity contribution is 6.31. The van der Waals surface area contributed by atoms with Crippen molar-refractivity contribution in [2.75, 3.05) is 60.6 Å². The predicted molar refractivity (Wildman–Crippen MR) is 124 cm³/mol. The van der Waals surface area contributed by atoms with Gasteiger partial charge in [-0.25, -0.2) is 14.4 Å². The lowest BCUT2D eigenvalue weighted by Crippen LogP contribution is -2.51. The van der Waals surface area contributed by atoms with Crippen molar-refractivity contribution in [3.05, 3.63) is 59.5 Å². The van der Waals surface area contributed by atoms with Gasteiger partial charge in [-0.2, -0.15) is 4.98 Å². The first kappa shape index (κ1) is 21.5. The zero-order chi connectivity index (χ0) is 22.8. The van der Waals surface area contributed by atoms with Gasteiger partial charge in [0.15, 0.2) is 0 Å². The average Bonchev–Trinajstić information content (AvgIpc) is 2.86. The van der Waals surface area contributed by atoms with Crippen LogP contribution in [0.3, 0.4) is 0 Å². The molecule has 0 unspecified atom stereocenters. The zero-order valence-electron chi connectivity index (χ0n) is 17.8. The van der Waals surface area contributed by atoms with Gasteiger partial charge in [0.1, 0.15) is 17.5 Å². The highest BCUT2D eigenvalue weighted by Gasteiger charge is 2.28. The molecular formula is C23H22ClFN6O2. The fourth-order valence-electron chi connectivity index (χ4n) is 3.92. The first-order valence-corrected chi connectivity index (χ1v) is 11.1. The van der Waals surface area contributed by atoms with Gasteiger partial charge in [0.05, 0.1) is 30.5 Å². The van der Waals surface area contributed by atoms with E-state index in [0.29, 0.717) is 68.2 Å². The number of rotatable bonds is 4. The Kier molecular flexibility index (Phi) is 6.06. The first-order chi connectivity index (χ1) is 16.1. The minimum atomic E-state index is -0.487. The van der Waals surface area contributed by atoms with E-state index in [-0.39, 0.29) is 17.5 Å². The molecule has 2 aliphatic rings. The quantitative estimate of drug-likeness (QED) is 0.582. The number of hydrogen-bond donors (Lipinski definition) is 0. The van der Waals surface area contributed by atoms with Crippen LogP contribution in [0.15, 0.2) is 48.7 Å². The zero-order valence-corrected chi connectivity index (χ0v) is 18.6. The molecule has 2 saturated heterocycles. The number of benzene rings is 1. The molecule has 1 amide bonds. The standard InChI is InChI=1S/C23H22ClFN6O2/c24-17-13-16(4-5-18(17)25)19-14-21(28-23(27-19)29-9-11-33-12-10-29)30-7-8-31(22(32)15-30)20-3-1-2-6-26-20/h1-6,13-14H,7-12,15H2. The molecule has 0 N–H and O–H groups in total. The van der Waals surface area contributed by atoms with Crippen LogP contribution in [-0.2, 0) is 9.53 Å². The van der Waals surface area contributed by atoms with Crippen LogP contribution in [0.5, 0.6) is 0 Å². The third-order valence-corrected chi connectivity index (χ3v) is 5.97. The van der Waals surface area contributed by atoms with E-state index in [2.05, 4.69) is 4.98 Å². The summed E-state index contributed by atoms with van der Waals surface area (Å²) in [4.78, 5) is 32.4. The summed E-state index contributed by atoms with van der Waals surface area (Å²) in [5.74, 6) is 1.28. The van der Waals surface area contributed by atoms with E-state index in [9.17, 15) is 9.18 Å². The van der Waals surface area contributed by atoms with Gasteiger partial charge in [-0.3, -0.25) is 9.69 Å². The highest BCUT2D eigenvalue weighted by Crippen LogP contribution is 2.29. The van der Waals surface area contributed by atoms with E-state index in [4.69, 9.17) is 26.3 Å². The van der Waals surface area contributed by atoms with Gasteiger partial charge in [-0.15, -0.1) is 0 Å². The van der Waals surface area contributed by atoms with Crippen LogP contribution >= 0.6 is 11.6 Å². The Morgan fingerprint density at radius 1 is 0.939 bits per heavy atom. The summed E-state index contributed by atoms with van der Waals surface area (Å²) in [5, 5.41) is 0.0275. The Hall–Kier alpha value is -3.30. The molecule has 0 spiro atoms. The number of pyridine rings is 1. The number of anilines is 3. The number of amides is 1. The minimum Gasteiger partial charge on any atom is -0.378 e. The number of halogens is 2. The number of nitrogens with zero attached hydrogens (tertiary/aromatic N) is 6. The second-order valence-corrected chi connectivity index (χ2v) is 8.20. The van der Waals surface area contributed by atoms with Crippen LogP contribution in [0.2, 0.25) is 5.02 Å². The number of piperazine rings is 1. The van der Waals surface area contributed by atoms with Crippen molar-refractivity contribution in [2.45, 2.75) is 0 Å². The average molecular weight is 469 g/mol. The fraction of sp³-hybridized carbons (Fsp3) is 0.304. The van der Waals surface area contributed by atoms with E-state index in [1.54, 1.807) is 23.2 Å². The van der Waals surface area contributed by atoms with Gasteiger partial charge in [0.25, 0.3) is 0 Å². The predicted octanol–water partition coefficient (Wildman–Crippen LogP) is 3.02. The Balaban J connectivity index is 1.47. The van der Waals surface area contributed by atoms with Crippen LogP contribution in [-0.4, -0.2) is 66.8 Å². The third-order valence-electron chi connectivity index (χ3n) is 5.68. The molecule has 3 aromatic rings. The van der Waals surface area contributed by atoms with Crippen LogP contribution in [0, 0.1) is 5.82 Å². The molecular weight excluding hydrogens is 447 g/mol. The maximum Gasteiger partial charge on any atom is 0.247 e. The molecule has 0 saturated carbocycles. The van der Waals surface area contributed by atoms with Gasteiger partial charge >= 0.3 is 0 Å². The van der Waals surface area contributed by atoms with Crippen molar-refractivity contribution >= 4 is 35.1 Å². The number of hydrogen-bond acceptors (Lipinski definition) is 7. The van der Waals surface area contributed by atoms with Crippen molar-refractivity contribution in [3.8, 4) is 11.3 Å². The van der Waals surface area contributed by atoms with E-state index < -0.39 is 5.82 Å². The van der Waals surface area contributed by atoms with Crippen molar-refractivity contribution in [3.63, 3.8) is 0 Å². The number of aromatic nitrogens is 3. The smallest absolute Gasteiger partial charge is 0.247 e. The Morgan fingerprint density at radius 3 is 2.52 bits per heavy atom. The monoisotopic (exact) mass is 468 g/mol. The van der Waals surface area contributed by atoms with E-state index in [1.807, 2.05) is 34.1 Å². The summed E-state index contributed by atoms with van der Waals surface area (Å²) in [7, 11) is 0. The maximum absolute atomic E-state index is 13.7. The molecule has 170 valence electrons. The SMILES string of the molecule is O=C1CN(c2cc(-c3ccc(F)c(Cl)c3)nc(N3CCOCC3)n2)CCN1c1ccccn1. The van der Waals surface area contributed by atoms with Gasteiger partial charge in [-0.05, 0) is 30.3 Å². The summed E-state index contributed by atoms with van der Waals surface area (Å²) < 4.78 is 19.2. The molecule has 33 heavy (non-hydrogen) atoms. The van der Waals surface area contributed by atoms with Crippen molar-refractivity contribution in [1.29, 1.82) is 0 Å². The van der Waals surface area contributed by atoms with Crippen LogP contribution in [0.25, 0.3) is 11.3 Å². The molecule has 0 atom stereocenters. The molecule has 0 radical (unpaired) electrons. The largest absolute Gasteiger partial charge is 0.378 e. The lowest BCUT2D eigenvalue weighted by molar-refractivity contribution is -0.118. The summed E-state index contributed by atoms with van der Waals surface area (Å²) in [6.45, 7) is 3.76. The normalized spacial score (nSPS) is 16.9. The van der Waals surface area contributed by atoms with Crippen LogP contribution in [0.1, 0.15) is 0 Å². The Labute approximate surface area is 195 Å². The summed E-state index contributed by atoms with van der Waals surface area (Å²) in [5.41, 5.74) is 1.29. The highest BCUT2D eigenvalue weighted by atomic mass is 35.5. The van der Waals surface area contributed by atoms with Gasteiger partial charge in [-0.1, -0.05) is 17.7 Å². The van der Waals surface area contributed by atoms with Crippen LogP contribution < -0.4 is 14.7 Å². The van der Waals surface area contributed by atoms with E-state index in [1.165, 1.54) is 6.07 Å². The molecule has 5 rings (SSSR count). The summed E-state index contributed by atoms with van der Waals surface area (Å²) in [6.07, 6.45) is 1.67. The lowest BCUT2D eigenvalue weighted by atomic mass is 10.1. The molecule has 0 bridgehead atoms. The number of ether oxygens (including phenoxy) is 1. The van der Waals surface area contributed by atoms with Gasteiger partial charge in [0, 0.05) is 44.0 Å². The summed E-state index contributed by atoms with van der Waals surface area (Å²) in [6, 6.07) is 11.8. The van der Waals surface area contributed by atoms with E-state index in [0.717, 1.165) is 0 Å². The molecule has 1 aromatic carbocycles. The Morgan fingerprint density at radius 2 is 1.79 bits per heavy atom. The molecule has 2 fully saturated rings. The molecule has 0 aliphatic carbocycles. The first-order valence-electron chi connectivity index (χ1n) is 10.7. The van der Waals surface area contributed by atoms with Crippen LogP contribution in [0.4, 0.5) is 22.0 Å². The van der Waals surface area contributed by atoms with Crippen molar-refractivity contribution in [2.24, 2.45) is 0 Å². The summed E-state index contributed by atoms with van der Waals surface area (Å²) >= 11 is 6.02. The topological polar surface area (TPSA) is 74.7 Å². The lowest BCUT2D eigenvalue weighted by Gasteiger charge is -2.35. The van der Waals surface area contributed by atoms with E-state index >= 15 is 0 Å². The molecule has 4 heterocycles. The maximum atomic E-state index is 13.7. The second kappa shape index (κ2) is 9.29. The molecule has 8 nitrogen and oxygen atoms in total. The number of carbonyl (C=O) groups excluding carboxylic acids is 1. The second-order valence-electron chi connectivity index (χ2n) is 7.79. The fourth-order valence-corrected chi connectivity index (χ4v) is 4.10. The minimum absolute atomic E-state index is 0.0275. The molecule has 2 aromatic heterocycles.